The largest absolute Gasteiger partial charge is 0.508 e. The molecule has 0 fully saturated rings. The highest BCUT2D eigenvalue weighted by Gasteiger charge is 2.03. The Labute approximate surface area is 176 Å². The van der Waals surface area contributed by atoms with Gasteiger partial charge in [-0.1, -0.05) is 49.6 Å². The second-order valence-corrected chi connectivity index (χ2v) is 7.22. The maximum Gasteiger partial charge on any atom is 0.123 e. The van der Waals surface area contributed by atoms with Gasteiger partial charge in [0.1, 0.15) is 11.6 Å². The van der Waals surface area contributed by atoms with Crippen LogP contribution in [0.3, 0.4) is 0 Å². The van der Waals surface area contributed by atoms with E-state index in [9.17, 15) is 9.50 Å². The van der Waals surface area contributed by atoms with E-state index >= 15 is 0 Å². The third-order valence-corrected chi connectivity index (χ3v) is 5.01. The normalized spacial score (nSPS) is 12.2. The van der Waals surface area contributed by atoms with Crippen molar-refractivity contribution < 1.29 is 9.50 Å². The average Bonchev–Trinajstić information content (AvgIpc) is 3.08. The number of allylic oxidation sites excluding steroid dienone is 2. The number of aromatic amines is 1. The standard InChI is InChI=1S/C26H27FN2O/c1-4-25(30)16-26-19(3)29-17-23(26)12-13-28-18(2)22-10-8-20(9-11-22)14-21-6-5-7-24(27)15-21/h4-11,15-17,28-30H,2-3,12-14H2,1H3/b25-4+,26-16+. The van der Waals surface area contributed by atoms with E-state index in [-0.39, 0.29) is 11.6 Å². The first-order valence-corrected chi connectivity index (χ1v) is 9.95. The first-order chi connectivity index (χ1) is 14.5. The van der Waals surface area contributed by atoms with E-state index in [2.05, 4.69) is 23.5 Å². The van der Waals surface area contributed by atoms with Gasteiger partial charge in [0.05, 0.1) is 0 Å². The second-order valence-electron chi connectivity index (χ2n) is 7.22. The zero-order valence-electron chi connectivity index (χ0n) is 17.2. The number of rotatable bonds is 8. The van der Waals surface area contributed by atoms with Gasteiger partial charge < -0.3 is 15.4 Å². The van der Waals surface area contributed by atoms with E-state index < -0.39 is 0 Å². The van der Waals surface area contributed by atoms with Crippen molar-refractivity contribution in [1.29, 1.82) is 0 Å². The van der Waals surface area contributed by atoms with Gasteiger partial charge in [-0.25, -0.2) is 4.39 Å². The molecule has 0 bridgehead atoms. The zero-order valence-corrected chi connectivity index (χ0v) is 17.2. The van der Waals surface area contributed by atoms with Crippen LogP contribution in [0.1, 0.15) is 29.2 Å². The number of hydrogen-bond acceptors (Lipinski definition) is 2. The molecule has 3 rings (SSSR count). The third-order valence-electron chi connectivity index (χ3n) is 5.01. The molecule has 3 N–H and O–H groups in total. The molecule has 0 aliphatic carbocycles. The van der Waals surface area contributed by atoms with Crippen molar-refractivity contribution in [3.63, 3.8) is 0 Å². The van der Waals surface area contributed by atoms with Gasteiger partial charge >= 0.3 is 0 Å². The minimum Gasteiger partial charge on any atom is -0.508 e. The molecular weight excluding hydrogens is 375 g/mol. The molecule has 2 aromatic carbocycles. The first-order valence-electron chi connectivity index (χ1n) is 9.95. The van der Waals surface area contributed by atoms with Gasteiger partial charge in [-0.3, -0.25) is 0 Å². The van der Waals surface area contributed by atoms with E-state index in [1.165, 1.54) is 6.07 Å². The second kappa shape index (κ2) is 9.79. The summed E-state index contributed by atoms with van der Waals surface area (Å²) in [6, 6.07) is 14.8. The number of nitrogens with one attached hydrogen (secondary N) is 2. The summed E-state index contributed by atoms with van der Waals surface area (Å²) in [4.78, 5) is 3.11. The topological polar surface area (TPSA) is 48.0 Å². The molecule has 0 aliphatic heterocycles. The fraction of sp³-hybridized carbons (Fsp3) is 0.154. The Balaban J connectivity index is 1.58. The Kier molecular flexibility index (Phi) is 6.91. The highest BCUT2D eigenvalue weighted by atomic mass is 19.1. The molecule has 0 saturated heterocycles. The van der Waals surface area contributed by atoms with Gasteiger partial charge in [-0.2, -0.15) is 0 Å². The molecule has 1 heterocycles. The van der Waals surface area contributed by atoms with Gasteiger partial charge in [-0.15, -0.1) is 0 Å². The van der Waals surface area contributed by atoms with Gasteiger partial charge in [0.2, 0.25) is 0 Å². The Morgan fingerprint density at radius 3 is 2.63 bits per heavy atom. The lowest BCUT2D eigenvalue weighted by atomic mass is 10.0. The quantitative estimate of drug-likeness (QED) is 0.495. The van der Waals surface area contributed by atoms with Crippen molar-refractivity contribution in [2.45, 2.75) is 19.8 Å². The molecule has 0 unspecified atom stereocenters. The van der Waals surface area contributed by atoms with Crippen molar-refractivity contribution in [3.05, 3.63) is 112 Å². The predicted molar refractivity (Wildman–Crippen MR) is 123 cm³/mol. The van der Waals surface area contributed by atoms with Crippen LogP contribution in [0.4, 0.5) is 4.39 Å². The van der Waals surface area contributed by atoms with Crippen LogP contribution >= 0.6 is 0 Å². The lowest BCUT2D eigenvalue weighted by Gasteiger charge is -2.10. The van der Waals surface area contributed by atoms with Crippen LogP contribution in [-0.4, -0.2) is 16.6 Å². The van der Waals surface area contributed by atoms with Crippen LogP contribution in [0.25, 0.3) is 18.4 Å². The number of benzene rings is 2. The number of H-pyrrole nitrogens is 1. The van der Waals surface area contributed by atoms with E-state index in [0.29, 0.717) is 13.0 Å². The molecule has 4 heteroatoms. The Morgan fingerprint density at radius 2 is 1.93 bits per heavy atom. The smallest absolute Gasteiger partial charge is 0.123 e. The lowest BCUT2D eigenvalue weighted by Crippen LogP contribution is -2.25. The van der Waals surface area contributed by atoms with E-state index in [0.717, 1.165) is 44.9 Å². The molecule has 1 aromatic heterocycles. The van der Waals surface area contributed by atoms with Crippen molar-refractivity contribution in [2.24, 2.45) is 0 Å². The maximum atomic E-state index is 13.3. The first kappa shape index (κ1) is 21.2. The van der Waals surface area contributed by atoms with Gasteiger partial charge in [0, 0.05) is 29.0 Å². The van der Waals surface area contributed by atoms with Gasteiger partial charge in [0.15, 0.2) is 0 Å². The molecular formula is C26H27FN2O. The molecule has 0 amide bonds. The predicted octanol–water partition coefficient (Wildman–Crippen LogP) is 4.20. The molecule has 0 radical (unpaired) electrons. The SMILES string of the molecule is C=C(NCCc1c[nH]c(=C)/c1=C\C(O)=C/C)c1ccc(Cc2cccc(F)c2)cc1. The summed E-state index contributed by atoms with van der Waals surface area (Å²) >= 11 is 0. The van der Waals surface area contributed by atoms with Crippen LogP contribution in [0.15, 0.2) is 73.1 Å². The molecule has 0 aliphatic rings. The summed E-state index contributed by atoms with van der Waals surface area (Å²) in [6.07, 6.45) is 6.75. The Hall–Kier alpha value is -3.53. The minimum absolute atomic E-state index is 0.211. The highest BCUT2D eigenvalue weighted by Crippen LogP contribution is 2.15. The van der Waals surface area contributed by atoms with Crippen molar-refractivity contribution >= 4 is 18.4 Å². The summed E-state index contributed by atoms with van der Waals surface area (Å²) in [6.45, 7) is 10.6. The number of aliphatic hydroxyl groups excluding tert-OH is 1. The molecule has 30 heavy (non-hydrogen) atoms. The van der Waals surface area contributed by atoms with Crippen LogP contribution in [0.5, 0.6) is 0 Å². The Bertz CT molecular complexity index is 1160. The van der Waals surface area contributed by atoms with E-state index in [1.807, 2.05) is 36.5 Å². The van der Waals surface area contributed by atoms with Gasteiger partial charge in [-0.05, 0) is 66.3 Å². The summed E-state index contributed by atoms with van der Waals surface area (Å²) < 4.78 is 13.3. The number of aliphatic hydroxyl groups is 1. The Morgan fingerprint density at radius 1 is 1.17 bits per heavy atom. The summed E-state index contributed by atoms with van der Waals surface area (Å²) in [7, 11) is 0. The lowest BCUT2D eigenvalue weighted by molar-refractivity contribution is 0.440. The highest BCUT2D eigenvalue weighted by molar-refractivity contribution is 5.61. The van der Waals surface area contributed by atoms with Gasteiger partial charge in [0.25, 0.3) is 0 Å². The van der Waals surface area contributed by atoms with Crippen LogP contribution in [0, 0.1) is 5.82 Å². The monoisotopic (exact) mass is 402 g/mol. The fourth-order valence-electron chi connectivity index (χ4n) is 3.30. The van der Waals surface area contributed by atoms with Crippen LogP contribution in [0.2, 0.25) is 0 Å². The van der Waals surface area contributed by atoms with Crippen molar-refractivity contribution in [1.82, 2.24) is 10.3 Å². The van der Waals surface area contributed by atoms with Crippen molar-refractivity contribution in [2.75, 3.05) is 6.54 Å². The molecule has 3 nitrogen and oxygen atoms in total. The summed E-state index contributed by atoms with van der Waals surface area (Å²) in [5.74, 6) is 0.00762. The average molecular weight is 403 g/mol. The zero-order chi connectivity index (χ0) is 21.5. The number of hydrogen-bond donors (Lipinski definition) is 3. The summed E-state index contributed by atoms with van der Waals surface area (Å²) in [5.41, 5.74) is 5.02. The van der Waals surface area contributed by atoms with Crippen LogP contribution < -0.4 is 15.9 Å². The number of halogens is 1. The fourth-order valence-corrected chi connectivity index (χ4v) is 3.30. The molecule has 0 saturated carbocycles. The third kappa shape index (κ3) is 5.51. The maximum absolute atomic E-state index is 13.3. The molecule has 154 valence electrons. The summed E-state index contributed by atoms with van der Waals surface area (Å²) in [5, 5.41) is 14.8. The molecule has 0 atom stereocenters. The minimum atomic E-state index is -0.211. The number of aromatic nitrogens is 1. The van der Waals surface area contributed by atoms with E-state index in [1.54, 1.807) is 31.2 Å². The van der Waals surface area contributed by atoms with Crippen LogP contribution in [-0.2, 0) is 12.8 Å². The molecule has 0 spiro atoms. The van der Waals surface area contributed by atoms with Crippen molar-refractivity contribution in [3.8, 4) is 0 Å². The van der Waals surface area contributed by atoms with E-state index in [4.69, 9.17) is 0 Å². The molecule has 3 aromatic rings.